The largest absolute Gasteiger partial charge is 0.497 e. The molecule has 1 N–H and O–H groups in total. The van der Waals surface area contributed by atoms with Gasteiger partial charge in [-0.15, -0.1) is 0 Å². The highest BCUT2D eigenvalue weighted by Gasteiger charge is 2.09. The number of hydrogen-bond donors (Lipinski definition) is 1. The number of methoxy groups -OCH3 is 1. The maximum Gasteiger partial charge on any atom is 0.274 e. The van der Waals surface area contributed by atoms with Gasteiger partial charge in [0.2, 0.25) is 0 Å². The molecule has 0 radical (unpaired) electrons. The van der Waals surface area contributed by atoms with E-state index in [-0.39, 0.29) is 5.91 Å². The summed E-state index contributed by atoms with van der Waals surface area (Å²) < 4.78 is 5.14. The third-order valence-electron chi connectivity index (χ3n) is 3.44. The number of anilines is 2. The van der Waals surface area contributed by atoms with Gasteiger partial charge < -0.3 is 15.0 Å². The summed E-state index contributed by atoms with van der Waals surface area (Å²) in [6, 6.07) is 10.9. The zero-order valence-corrected chi connectivity index (χ0v) is 13.2. The fourth-order valence-corrected chi connectivity index (χ4v) is 2.19. The van der Waals surface area contributed by atoms with Crippen LogP contribution in [0.2, 0.25) is 0 Å². The molecule has 116 valence electrons. The average Bonchev–Trinajstić information content (AvgIpc) is 2.56. The number of aromatic nitrogens is 1. The number of pyridine rings is 1. The van der Waals surface area contributed by atoms with Crippen LogP contribution in [0.15, 0.2) is 42.6 Å². The van der Waals surface area contributed by atoms with E-state index in [0.29, 0.717) is 17.1 Å². The Kier molecular flexibility index (Phi) is 5.36. The van der Waals surface area contributed by atoms with E-state index in [1.54, 1.807) is 25.4 Å². The second-order valence-corrected chi connectivity index (χ2v) is 4.76. The molecule has 2 rings (SSSR count). The van der Waals surface area contributed by atoms with E-state index >= 15 is 0 Å². The van der Waals surface area contributed by atoms with Crippen LogP contribution in [0.1, 0.15) is 24.3 Å². The normalized spacial score (nSPS) is 10.1. The number of ether oxygens (including phenoxy) is 1. The van der Waals surface area contributed by atoms with Crippen molar-refractivity contribution < 1.29 is 9.53 Å². The molecule has 0 bridgehead atoms. The van der Waals surface area contributed by atoms with Crippen molar-refractivity contribution in [3.05, 3.63) is 48.3 Å². The fraction of sp³-hybridized carbons (Fsp3) is 0.294. The molecule has 0 atom stereocenters. The minimum atomic E-state index is -0.237. The molecule has 22 heavy (non-hydrogen) atoms. The summed E-state index contributed by atoms with van der Waals surface area (Å²) in [5.74, 6) is 0.460. The van der Waals surface area contributed by atoms with Gasteiger partial charge in [-0.05, 0) is 38.1 Å². The van der Waals surface area contributed by atoms with Gasteiger partial charge in [-0.2, -0.15) is 0 Å². The molecule has 2 aromatic rings. The summed E-state index contributed by atoms with van der Waals surface area (Å²) in [4.78, 5) is 18.6. The molecule has 0 spiro atoms. The third-order valence-corrected chi connectivity index (χ3v) is 3.44. The molecule has 1 aromatic heterocycles. The van der Waals surface area contributed by atoms with Crippen molar-refractivity contribution in [3.8, 4) is 5.75 Å². The highest BCUT2D eigenvalue weighted by atomic mass is 16.5. The molecule has 5 heteroatoms. The summed E-state index contributed by atoms with van der Waals surface area (Å²) >= 11 is 0. The summed E-state index contributed by atoms with van der Waals surface area (Å²) in [5, 5.41) is 2.81. The van der Waals surface area contributed by atoms with Crippen LogP contribution in [0, 0.1) is 0 Å². The van der Waals surface area contributed by atoms with Gasteiger partial charge in [0.1, 0.15) is 11.4 Å². The lowest BCUT2D eigenvalue weighted by molar-refractivity contribution is 0.102. The van der Waals surface area contributed by atoms with Crippen LogP contribution in [-0.2, 0) is 0 Å². The third kappa shape index (κ3) is 3.75. The van der Waals surface area contributed by atoms with Crippen molar-refractivity contribution in [1.82, 2.24) is 4.98 Å². The van der Waals surface area contributed by atoms with Gasteiger partial charge in [0.25, 0.3) is 5.91 Å². The maximum atomic E-state index is 12.2. The molecule has 0 fully saturated rings. The summed E-state index contributed by atoms with van der Waals surface area (Å²) in [6.07, 6.45) is 1.73. The van der Waals surface area contributed by atoms with Crippen LogP contribution in [0.25, 0.3) is 0 Å². The fourth-order valence-electron chi connectivity index (χ4n) is 2.19. The van der Waals surface area contributed by atoms with E-state index in [9.17, 15) is 4.79 Å². The monoisotopic (exact) mass is 299 g/mol. The van der Waals surface area contributed by atoms with E-state index in [4.69, 9.17) is 4.74 Å². The zero-order chi connectivity index (χ0) is 15.9. The predicted octanol–water partition coefficient (Wildman–Crippen LogP) is 3.19. The first-order chi connectivity index (χ1) is 10.7. The van der Waals surface area contributed by atoms with Crippen molar-refractivity contribution in [2.75, 3.05) is 30.4 Å². The Morgan fingerprint density at radius 1 is 1.23 bits per heavy atom. The second-order valence-electron chi connectivity index (χ2n) is 4.76. The van der Waals surface area contributed by atoms with E-state index in [0.717, 1.165) is 18.8 Å². The Morgan fingerprint density at radius 3 is 2.59 bits per heavy atom. The van der Waals surface area contributed by atoms with Crippen molar-refractivity contribution in [2.45, 2.75) is 13.8 Å². The molecule has 5 nitrogen and oxygen atoms in total. The van der Waals surface area contributed by atoms with Gasteiger partial charge in [0, 0.05) is 24.8 Å². The first-order valence-electron chi connectivity index (χ1n) is 7.34. The van der Waals surface area contributed by atoms with E-state index in [1.165, 1.54) is 0 Å². The van der Waals surface area contributed by atoms with Crippen LogP contribution < -0.4 is 15.0 Å². The van der Waals surface area contributed by atoms with E-state index < -0.39 is 0 Å². The maximum absolute atomic E-state index is 12.2. The van der Waals surface area contributed by atoms with Gasteiger partial charge in [-0.25, -0.2) is 4.98 Å². The number of nitrogens with one attached hydrogen (secondary N) is 1. The Hall–Kier alpha value is -2.56. The molecular formula is C17H21N3O2. The molecule has 1 heterocycles. The molecule has 0 saturated carbocycles. The SMILES string of the molecule is CCN(CC)c1ccc(C(=O)Nc2cccc(OC)c2)nc1. The molecule has 0 aliphatic carbocycles. The average molecular weight is 299 g/mol. The first-order valence-corrected chi connectivity index (χ1v) is 7.34. The number of amides is 1. The van der Waals surface area contributed by atoms with E-state index in [1.807, 2.05) is 24.3 Å². The van der Waals surface area contributed by atoms with Gasteiger partial charge in [-0.3, -0.25) is 4.79 Å². The minimum absolute atomic E-state index is 0.237. The number of nitrogens with zero attached hydrogens (tertiary/aromatic N) is 2. The zero-order valence-electron chi connectivity index (χ0n) is 13.2. The Labute approximate surface area is 130 Å². The minimum Gasteiger partial charge on any atom is -0.497 e. The van der Waals surface area contributed by atoms with Crippen molar-refractivity contribution in [2.24, 2.45) is 0 Å². The van der Waals surface area contributed by atoms with Crippen LogP contribution in [0.3, 0.4) is 0 Å². The van der Waals surface area contributed by atoms with Crippen LogP contribution in [0.5, 0.6) is 5.75 Å². The molecular weight excluding hydrogens is 278 g/mol. The number of hydrogen-bond acceptors (Lipinski definition) is 4. The van der Waals surface area contributed by atoms with E-state index in [2.05, 4.69) is 29.0 Å². The topological polar surface area (TPSA) is 54.5 Å². The van der Waals surface area contributed by atoms with Gasteiger partial charge in [-0.1, -0.05) is 6.07 Å². The molecule has 0 unspecified atom stereocenters. The number of benzene rings is 1. The Bertz CT molecular complexity index is 622. The number of carbonyl (C=O) groups is 1. The highest BCUT2D eigenvalue weighted by Crippen LogP contribution is 2.18. The summed E-state index contributed by atoms with van der Waals surface area (Å²) in [7, 11) is 1.59. The highest BCUT2D eigenvalue weighted by molar-refractivity contribution is 6.03. The van der Waals surface area contributed by atoms with Crippen molar-refractivity contribution in [3.63, 3.8) is 0 Å². The van der Waals surface area contributed by atoms with Gasteiger partial charge in [0.05, 0.1) is 19.0 Å². The van der Waals surface area contributed by atoms with Crippen molar-refractivity contribution >= 4 is 17.3 Å². The van der Waals surface area contributed by atoms with Crippen molar-refractivity contribution in [1.29, 1.82) is 0 Å². The lowest BCUT2D eigenvalue weighted by atomic mass is 10.2. The van der Waals surface area contributed by atoms with Crippen LogP contribution in [0.4, 0.5) is 11.4 Å². The van der Waals surface area contributed by atoms with Gasteiger partial charge >= 0.3 is 0 Å². The first kappa shape index (κ1) is 15.8. The van der Waals surface area contributed by atoms with Gasteiger partial charge in [0.15, 0.2) is 0 Å². The Morgan fingerprint density at radius 2 is 2.00 bits per heavy atom. The second kappa shape index (κ2) is 7.45. The predicted molar refractivity (Wildman–Crippen MR) is 88.7 cm³/mol. The quantitative estimate of drug-likeness (QED) is 0.890. The molecule has 0 aliphatic rings. The van der Waals surface area contributed by atoms with Crippen LogP contribution in [-0.4, -0.2) is 31.1 Å². The Balaban J connectivity index is 2.09. The lowest BCUT2D eigenvalue weighted by Gasteiger charge is -2.20. The number of carbonyl (C=O) groups excluding carboxylic acids is 1. The molecule has 0 aliphatic heterocycles. The van der Waals surface area contributed by atoms with Crippen LogP contribution >= 0.6 is 0 Å². The number of rotatable bonds is 6. The molecule has 1 amide bonds. The smallest absolute Gasteiger partial charge is 0.274 e. The summed E-state index contributed by atoms with van der Waals surface area (Å²) in [5.41, 5.74) is 2.08. The summed E-state index contributed by atoms with van der Waals surface area (Å²) in [6.45, 7) is 6.00. The standard InChI is InChI=1S/C17H21N3O2/c1-4-20(5-2)14-9-10-16(18-12-14)17(21)19-13-7-6-8-15(11-13)22-3/h6-12H,4-5H2,1-3H3,(H,19,21). The molecule has 0 saturated heterocycles. The lowest BCUT2D eigenvalue weighted by Crippen LogP contribution is -2.22. The molecule has 1 aromatic carbocycles.